The fraction of sp³-hybridized carbons (Fsp3) is 0.421. The Hall–Kier alpha value is -2.47. The number of fused-ring (bicyclic) bond motifs is 1. The van der Waals surface area contributed by atoms with Crippen molar-refractivity contribution in [3.8, 4) is 11.3 Å². The van der Waals surface area contributed by atoms with E-state index >= 15 is 0 Å². The molecule has 3 aromatic rings. The lowest BCUT2D eigenvalue weighted by atomic mass is 9.86. The highest BCUT2D eigenvalue weighted by atomic mass is 15.1. The van der Waals surface area contributed by atoms with Crippen molar-refractivity contribution < 1.29 is 0 Å². The van der Waals surface area contributed by atoms with E-state index in [1.165, 1.54) is 5.69 Å². The Labute approximate surface area is 147 Å². The van der Waals surface area contributed by atoms with Crippen LogP contribution in [0.15, 0.2) is 30.6 Å². The summed E-state index contributed by atoms with van der Waals surface area (Å²) < 4.78 is 0. The van der Waals surface area contributed by atoms with E-state index in [1.54, 1.807) is 6.33 Å². The minimum atomic E-state index is 0.323. The van der Waals surface area contributed by atoms with Crippen LogP contribution in [-0.2, 0) is 0 Å². The maximum Gasteiger partial charge on any atom is 0.181 e. The molecular formula is C19H24N6. The van der Waals surface area contributed by atoms with E-state index in [0.717, 1.165) is 53.9 Å². The predicted octanol–water partition coefficient (Wildman–Crippen LogP) is 3.07. The summed E-state index contributed by atoms with van der Waals surface area (Å²) in [6.07, 6.45) is 5.88. The van der Waals surface area contributed by atoms with Gasteiger partial charge < -0.3 is 15.6 Å². The molecule has 0 spiro atoms. The van der Waals surface area contributed by atoms with Crippen LogP contribution in [0.3, 0.4) is 0 Å². The summed E-state index contributed by atoms with van der Waals surface area (Å²) in [5.41, 5.74) is 10.9. The SMILES string of the molecule is CN(C)c1ccc(-c2nc(C3CCC(N)CC3)nc3nc[nH]c23)cc1. The van der Waals surface area contributed by atoms with E-state index < -0.39 is 0 Å². The number of nitrogens with two attached hydrogens (primary N) is 1. The molecule has 0 saturated heterocycles. The third-order valence-corrected chi connectivity index (χ3v) is 5.10. The van der Waals surface area contributed by atoms with Gasteiger partial charge in [0.25, 0.3) is 0 Å². The van der Waals surface area contributed by atoms with Crippen LogP contribution in [0.2, 0.25) is 0 Å². The smallest absolute Gasteiger partial charge is 0.181 e. The van der Waals surface area contributed by atoms with Gasteiger partial charge in [0.1, 0.15) is 11.3 Å². The monoisotopic (exact) mass is 336 g/mol. The zero-order valence-electron chi connectivity index (χ0n) is 14.7. The zero-order valence-corrected chi connectivity index (χ0v) is 14.7. The van der Waals surface area contributed by atoms with Gasteiger partial charge in [0.15, 0.2) is 5.65 Å². The second-order valence-corrected chi connectivity index (χ2v) is 7.08. The largest absolute Gasteiger partial charge is 0.378 e. The molecule has 25 heavy (non-hydrogen) atoms. The molecule has 4 rings (SSSR count). The van der Waals surface area contributed by atoms with Crippen molar-refractivity contribution in [1.29, 1.82) is 0 Å². The van der Waals surface area contributed by atoms with Gasteiger partial charge in [-0.05, 0) is 37.8 Å². The number of anilines is 1. The Kier molecular flexibility index (Phi) is 4.13. The van der Waals surface area contributed by atoms with Crippen molar-refractivity contribution in [1.82, 2.24) is 19.9 Å². The highest BCUT2D eigenvalue weighted by molar-refractivity contribution is 5.87. The molecule has 1 fully saturated rings. The number of nitrogens with zero attached hydrogens (tertiary/aromatic N) is 4. The molecule has 0 atom stereocenters. The van der Waals surface area contributed by atoms with Crippen LogP contribution < -0.4 is 10.6 Å². The van der Waals surface area contributed by atoms with E-state index in [-0.39, 0.29) is 0 Å². The van der Waals surface area contributed by atoms with Gasteiger partial charge in [-0.15, -0.1) is 0 Å². The average molecular weight is 336 g/mol. The average Bonchev–Trinajstić information content (AvgIpc) is 3.10. The molecule has 1 aliphatic carbocycles. The van der Waals surface area contributed by atoms with Crippen LogP contribution in [-0.4, -0.2) is 40.1 Å². The molecule has 0 aliphatic heterocycles. The molecule has 1 aromatic carbocycles. The normalized spacial score (nSPS) is 20.8. The molecule has 0 unspecified atom stereocenters. The highest BCUT2D eigenvalue weighted by Gasteiger charge is 2.24. The molecule has 6 nitrogen and oxygen atoms in total. The van der Waals surface area contributed by atoms with Crippen LogP contribution >= 0.6 is 0 Å². The van der Waals surface area contributed by atoms with Crippen LogP contribution in [0.4, 0.5) is 5.69 Å². The Morgan fingerprint density at radius 3 is 2.44 bits per heavy atom. The van der Waals surface area contributed by atoms with E-state index in [4.69, 9.17) is 15.7 Å². The number of imidazole rings is 1. The van der Waals surface area contributed by atoms with Gasteiger partial charge in [0.05, 0.1) is 12.0 Å². The number of nitrogens with one attached hydrogen (secondary N) is 1. The van der Waals surface area contributed by atoms with Gasteiger partial charge in [-0.25, -0.2) is 15.0 Å². The highest BCUT2D eigenvalue weighted by Crippen LogP contribution is 2.33. The Morgan fingerprint density at radius 2 is 1.76 bits per heavy atom. The summed E-state index contributed by atoms with van der Waals surface area (Å²) in [4.78, 5) is 19.3. The van der Waals surface area contributed by atoms with Crippen LogP contribution in [0, 0.1) is 0 Å². The van der Waals surface area contributed by atoms with Crippen LogP contribution in [0.1, 0.15) is 37.4 Å². The second kappa shape index (κ2) is 6.44. The molecular weight excluding hydrogens is 312 g/mol. The fourth-order valence-corrected chi connectivity index (χ4v) is 3.54. The number of benzene rings is 1. The van der Waals surface area contributed by atoms with Gasteiger partial charge in [-0.3, -0.25) is 0 Å². The second-order valence-electron chi connectivity index (χ2n) is 7.08. The number of hydrogen-bond acceptors (Lipinski definition) is 5. The first-order valence-corrected chi connectivity index (χ1v) is 8.86. The molecule has 3 N–H and O–H groups in total. The van der Waals surface area contributed by atoms with Gasteiger partial charge in [-0.2, -0.15) is 0 Å². The Morgan fingerprint density at radius 1 is 1.04 bits per heavy atom. The van der Waals surface area contributed by atoms with Crippen molar-refractivity contribution in [2.24, 2.45) is 5.73 Å². The molecule has 0 bridgehead atoms. The van der Waals surface area contributed by atoms with E-state index in [0.29, 0.717) is 12.0 Å². The molecule has 0 amide bonds. The van der Waals surface area contributed by atoms with Gasteiger partial charge >= 0.3 is 0 Å². The molecule has 1 aliphatic rings. The first-order valence-electron chi connectivity index (χ1n) is 8.86. The van der Waals surface area contributed by atoms with Crippen molar-refractivity contribution in [2.75, 3.05) is 19.0 Å². The molecule has 2 aromatic heterocycles. The van der Waals surface area contributed by atoms with Gasteiger partial charge in [-0.1, -0.05) is 12.1 Å². The predicted molar refractivity (Wildman–Crippen MR) is 101 cm³/mol. The number of rotatable bonds is 3. The molecule has 130 valence electrons. The maximum atomic E-state index is 6.05. The first kappa shape index (κ1) is 16.0. The summed E-state index contributed by atoms with van der Waals surface area (Å²) in [5, 5.41) is 0. The standard InChI is InChI=1S/C19H24N6/c1-25(2)15-9-5-12(6-10-15)16-17-19(22-11-21-17)24-18(23-16)13-3-7-14(20)8-4-13/h5-6,9-11,13-14H,3-4,7-8,20H2,1-2H3,(H,21,22,23,24). The lowest BCUT2D eigenvalue weighted by Crippen LogP contribution is -2.26. The summed E-state index contributed by atoms with van der Waals surface area (Å²) in [7, 11) is 4.08. The van der Waals surface area contributed by atoms with Crippen molar-refractivity contribution >= 4 is 16.9 Å². The summed E-state index contributed by atoms with van der Waals surface area (Å²) >= 11 is 0. The summed E-state index contributed by atoms with van der Waals surface area (Å²) in [6.45, 7) is 0. The van der Waals surface area contributed by atoms with Gasteiger partial charge in [0.2, 0.25) is 0 Å². The summed E-state index contributed by atoms with van der Waals surface area (Å²) in [5.74, 6) is 1.28. The third-order valence-electron chi connectivity index (χ3n) is 5.10. The van der Waals surface area contributed by atoms with Crippen LogP contribution in [0.25, 0.3) is 22.4 Å². The number of aromatic amines is 1. The Bertz CT molecular complexity index is 859. The number of hydrogen-bond donors (Lipinski definition) is 2. The Balaban J connectivity index is 1.75. The quantitative estimate of drug-likeness (QED) is 0.768. The van der Waals surface area contributed by atoms with Crippen molar-refractivity contribution in [3.05, 3.63) is 36.4 Å². The summed E-state index contributed by atoms with van der Waals surface area (Å²) in [6, 6.07) is 8.76. The third kappa shape index (κ3) is 3.09. The molecule has 1 saturated carbocycles. The lowest BCUT2D eigenvalue weighted by molar-refractivity contribution is 0.385. The zero-order chi connectivity index (χ0) is 17.4. The van der Waals surface area contributed by atoms with Gasteiger partial charge in [0, 0.05) is 37.3 Å². The first-order chi connectivity index (χ1) is 12.1. The van der Waals surface area contributed by atoms with Crippen LogP contribution in [0.5, 0.6) is 0 Å². The molecule has 2 heterocycles. The maximum absolute atomic E-state index is 6.05. The topological polar surface area (TPSA) is 83.7 Å². The van der Waals surface area contributed by atoms with Crippen molar-refractivity contribution in [2.45, 2.75) is 37.6 Å². The number of H-pyrrole nitrogens is 1. The molecule has 6 heteroatoms. The fourth-order valence-electron chi connectivity index (χ4n) is 3.54. The minimum Gasteiger partial charge on any atom is -0.378 e. The number of aromatic nitrogens is 4. The minimum absolute atomic E-state index is 0.323. The van der Waals surface area contributed by atoms with Crippen molar-refractivity contribution in [3.63, 3.8) is 0 Å². The lowest BCUT2D eigenvalue weighted by Gasteiger charge is -2.25. The van der Waals surface area contributed by atoms with E-state index in [2.05, 4.69) is 39.1 Å². The van der Waals surface area contributed by atoms with E-state index in [9.17, 15) is 0 Å². The van der Waals surface area contributed by atoms with E-state index in [1.807, 2.05) is 14.1 Å². The molecule has 0 radical (unpaired) electrons.